The number of aromatic nitrogens is 5. The summed E-state index contributed by atoms with van der Waals surface area (Å²) in [5.41, 5.74) is 0. The van der Waals surface area contributed by atoms with Crippen LogP contribution in [0.1, 0.15) is 5.82 Å². The molecule has 2 aromatic heterocycles. The highest BCUT2D eigenvalue weighted by molar-refractivity contribution is 5.22. The van der Waals surface area contributed by atoms with E-state index >= 15 is 0 Å². The van der Waals surface area contributed by atoms with Gasteiger partial charge in [-0.1, -0.05) is 0 Å². The Balaban J connectivity index is 1.97. The molecule has 0 atom stereocenters. The van der Waals surface area contributed by atoms with Crippen molar-refractivity contribution in [2.75, 3.05) is 5.32 Å². The Bertz CT molecular complexity index is 362. The Morgan fingerprint density at radius 3 is 3.15 bits per heavy atom. The Kier molecular flexibility index (Phi) is 1.95. The molecule has 2 rings (SSSR count). The smallest absolute Gasteiger partial charge is 0.200 e. The number of nitrogens with zero attached hydrogens (tertiary/aromatic N) is 4. The van der Waals surface area contributed by atoms with Crippen LogP contribution in [0.2, 0.25) is 0 Å². The highest BCUT2D eigenvalue weighted by Crippen LogP contribution is 1.98. The largest absolute Gasteiger partial charge is 0.349 e. The molecule has 0 aliphatic carbocycles. The summed E-state index contributed by atoms with van der Waals surface area (Å²) in [6.07, 6.45) is 5.12. The second kappa shape index (κ2) is 3.26. The topological polar surface area (TPSA) is 71.4 Å². The summed E-state index contributed by atoms with van der Waals surface area (Å²) in [5, 5.41) is 10.8. The van der Waals surface area contributed by atoms with Gasteiger partial charge in [-0.2, -0.15) is 0 Å². The highest BCUT2D eigenvalue weighted by atomic mass is 15.3. The number of hydrogen-bond acceptors (Lipinski definition) is 4. The van der Waals surface area contributed by atoms with Gasteiger partial charge in [-0.25, -0.2) is 4.98 Å². The first-order valence-corrected chi connectivity index (χ1v) is 3.92. The lowest BCUT2D eigenvalue weighted by Gasteiger charge is -2.00. The summed E-state index contributed by atoms with van der Waals surface area (Å²) in [6.45, 7) is 0.615. The molecule has 0 aliphatic heterocycles. The van der Waals surface area contributed by atoms with Crippen molar-refractivity contribution >= 4 is 5.95 Å². The van der Waals surface area contributed by atoms with E-state index in [2.05, 4.69) is 25.5 Å². The van der Waals surface area contributed by atoms with Gasteiger partial charge in [-0.15, -0.1) is 10.2 Å². The second-order valence-corrected chi connectivity index (χ2v) is 2.65. The van der Waals surface area contributed by atoms with E-state index in [4.69, 9.17) is 0 Å². The Morgan fingerprint density at radius 1 is 1.62 bits per heavy atom. The molecule has 0 radical (unpaired) electrons. The van der Waals surface area contributed by atoms with Crippen LogP contribution in [0.25, 0.3) is 0 Å². The number of rotatable bonds is 3. The normalized spacial score (nSPS) is 10.2. The zero-order valence-electron chi connectivity index (χ0n) is 7.23. The first-order chi connectivity index (χ1) is 6.36. The minimum atomic E-state index is 0.615. The van der Waals surface area contributed by atoms with Crippen LogP contribution < -0.4 is 5.32 Å². The fraction of sp³-hybridized carbons (Fsp3) is 0.286. The third-order valence-electron chi connectivity index (χ3n) is 1.72. The van der Waals surface area contributed by atoms with E-state index in [-0.39, 0.29) is 0 Å². The number of nitrogens with one attached hydrogen (secondary N) is 2. The zero-order valence-corrected chi connectivity index (χ0v) is 7.23. The zero-order chi connectivity index (χ0) is 9.10. The molecule has 6 nitrogen and oxygen atoms in total. The molecule has 0 aromatic carbocycles. The molecule has 68 valence electrons. The number of aryl methyl sites for hydroxylation is 1. The monoisotopic (exact) mass is 178 g/mol. The minimum Gasteiger partial charge on any atom is -0.349 e. The fourth-order valence-electron chi connectivity index (χ4n) is 0.992. The number of aromatic amines is 1. The molecule has 0 amide bonds. The quantitative estimate of drug-likeness (QED) is 0.701. The number of H-pyrrole nitrogens is 1. The Hall–Kier alpha value is -1.85. The van der Waals surface area contributed by atoms with E-state index in [1.807, 2.05) is 11.6 Å². The highest BCUT2D eigenvalue weighted by Gasteiger charge is 2.00. The van der Waals surface area contributed by atoms with Gasteiger partial charge in [0.1, 0.15) is 6.33 Å². The van der Waals surface area contributed by atoms with Crippen LogP contribution in [0.5, 0.6) is 0 Å². The van der Waals surface area contributed by atoms with Gasteiger partial charge in [-0.05, 0) is 0 Å². The third kappa shape index (κ3) is 1.66. The molecule has 0 spiro atoms. The molecule has 0 aliphatic rings. The lowest BCUT2D eigenvalue weighted by atomic mass is 10.6. The van der Waals surface area contributed by atoms with Crippen molar-refractivity contribution in [3.05, 3.63) is 24.5 Å². The Labute approximate surface area is 75.0 Å². The van der Waals surface area contributed by atoms with Gasteiger partial charge in [-0.3, -0.25) is 0 Å². The van der Waals surface area contributed by atoms with Gasteiger partial charge in [0.25, 0.3) is 0 Å². The molecule has 0 fully saturated rings. The van der Waals surface area contributed by atoms with Crippen molar-refractivity contribution in [3.8, 4) is 0 Å². The molecule has 2 heterocycles. The van der Waals surface area contributed by atoms with Crippen LogP contribution >= 0.6 is 0 Å². The maximum Gasteiger partial charge on any atom is 0.200 e. The molecular formula is C7H10N6. The first-order valence-electron chi connectivity index (χ1n) is 3.92. The van der Waals surface area contributed by atoms with Crippen molar-refractivity contribution in [3.63, 3.8) is 0 Å². The summed E-state index contributed by atoms with van der Waals surface area (Å²) in [4.78, 5) is 6.96. The van der Waals surface area contributed by atoms with Crippen LogP contribution in [0.4, 0.5) is 5.95 Å². The summed E-state index contributed by atoms with van der Waals surface area (Å²) in [5.74, 6) is 1.61. The number of imidazole rings is 1. The van der Waals surface area contributed by atoms with Gasteiger partial charge >= 0.3 is 0 Å². The SMILES string of the molecule is Cn1cnnc1CNc1ncc[nH]1. The van der Waals surface area contributed by atoms with Crippen LogP contribution in [-0.4, -0.2) is 24.7 Å². The van der Waals surface area contributed by atoms with Crippen molar-refractivity contribution in [2.24, 2.45) is 7.05 Å². The lowest BCUT2D eigenvalue weighted by Crippen LogP contribution is -2.06. The van der Waals surface area contributed by atoms with Gasteiger partial charge in [0, 0.05) is 19.4 Å². The molecule has 0 saturated carbocycles. The molecular weight excluding hydrogens is 168 g/mol. The minimum absolute atomic E-state index is 0.615. The van der Waals surface area contributed by atoms with E-state index in [1.54, 1.807) is 18.7 Å². The maximum atomic E-state index is 4.02. The van der Waals surface area contributed by atoms with Crippen LogP contribution in [0.3, 0.4) is 0 Å². The second-order valence-electron chi connectivity index (χ2n) is 2.65. The molecule has 2 N–H and O–H groups in total. The molecule has 13 heavy (non-hydrogen) atoms. The summed E-state index contributed by atoms with van der Waals surface area (Å²) < 4.78 is 1.86. The average molecular weight is 178 g/mol. The molecule has 6 heteroatoms. The van der Waals surface area contributed by atoms with Crippen LogP contribution in [0.15, 0.2) is 18.7 Å². The van der Waals surface area contributed by atoms with E-state index in [0.29, 0.717) is 6.54 Å². The Morgan fingerprint density at radius 2 is 2.54 bits per heavy atom. The van der Waals surface area contributed by atoms with Gasteiger partial charge < -0.3 is 14.9 Å². The first kappa shape index (κ1) is 7.78. The summed E-state index contributed by atoms with van der Waals surface area (Å²) >= 11 is 0. The number of hydrogen-bond donors (Lipinski definition) is 2. The van der Waals surface area contributed by atoms with Gasteiger partial charge in [0.15, 0.2) is 11.8 Å². The van der Waals surface area contributed by atoms with Crippen molar-refractivity contribution in [1.29, 1.82) is 0 Å². The summed E-state index contributed by atoms with van der Waals surface area (Å²) in [7, 11) is 1.90. The maximum absolute atomic E-state index is 4.02. The van der Waals surface area contributed by atoms with Gasteiger partial charge in [0.05, 0.1) is 6.54 Å². The molecule has 0 unspecified atom stereocenters. The molecule has 0 saturated heterocycles. The predicted octanol–water partition coefficient (Wildman–Crippen LogP) is 0.150. The average Bonchev–Trinajstić information content (AvgIpc) is 2.72. The number of anilines is 1. The lowest BCUT2D eigenvalue weighted by molar-refractivity contribution is 0.808. The van der Waals surface area contributed by atoms with E-state index < -0.39 is 0 Å². The van der Waals surface area contributed by atoms with Crippen molar-refractivity contribution in [1.82, 2.24) is 24.7 Å². The van der Waals surface area contributed by atoms with Crippen LogP contribution in [-0.2, 0) is 13.6 Å². The molecule has 0 bridgehead atoms. The van der Waals surface area contributed by atoms with E-state index in [9.17, 15) is 0 Å². The standard InChI is InChI=1S/C7H10N6/c1-13-5-11-12-6(13)4-10-7-8-2-3-9-7/h2-3,5H,4H2,1H3,(H2,8,9,10). The van der Waals surface area contributed by atoms with E-state index in [1.165, 1.54) is 0 Å². The van der Waals surface area contributed by atoms with Crippen molar-refractivity contribution < 1.29 is 0 Å². The van der Waals surface area contributed by atoms with Crippen LogP contribution in [0, 0.1) is 0 Å². The van der Waals surface area contributed by atoms with E-state index in [0.717, 1.165) is 11.8 Å². The van der Waals surface area contributed by atoms with Crippen molar-refractivity contribution in [2.45, 2.75) is 6.54 Å². The predicted molar refractivity (Wildman–Crippen MR) is 46.9 cm³/mol. The van der Waals surface area contributed by atoms with Gasteiger partial charge in [0.2, 0.25) is 0 Å². The fourth-order valence-corrected chi connectivity index (χ4v) is 0.992. The third-order valence-corrected chi connectivity index (χ3v) is 1.72. The summed E-state index contributed by atoms with van der Waals surface area (Å²) in [6, 6.07) is 0. The molecule has 2 aromatic rings.